The van der Waals surface area contributed by atoms with Gasteiger partial charge in [0.2, 0.25) is 5.91 Å². The highest BCUT2D eigenvalue weighted by molar-refractivity contribution is 9.10. The quantitative estimate of drug-likeness (QED) is 0.645. The second kappa shape index (κ2) is 8.56. The number of halogens is 1. The largest absolute Gasteiger partial charge is 0.462 e. The number of hydrogen-bond acceptors (Lipinski definition) is 5. The molecule has 3 rings (SSSR count). The van der Waals surface area contributed by atoms with E-state index < -0.39 is 6.04 Å². The number of rotatable bonds is 6. The van der Waals surface area contributed by atoms with Crippen molar-refractivity contribution >= 4 is 44.1 Å². The molecule has 1 N–H and O–H groups in total. The van der Waals surface area contributed by atoms with Crippen molar-refractivity contribution in [1.29, 1.82) is 0 Å². The first-order valence-electron chi connectivity index (χ1n) is 9.26. The number of aryl methyl sites for hydroxylation is 1. The Balaban J connectivity index is 1.87. The van der Waals surface area contributed by atoms with Crippen molar-refractivity contribution in [3.63, 3.8) is 0 Å². The van der Waals surface area contributed by atoms with Crippen molar-refractivity contribution < 1.29 is 14.3 Å². The summed E-state index contributed by atoms with van der Waals surface area (Å²) < 4.78 is 7.91. The molecule has 2 heterocycles. The van der Waals surface area contributed by atoms with Crippen LogP contribution in [0.25, 0.3) is 0 Å². The number of anilines is 1. The molecule has 146 valence electrons. The van der Waals surface area contributed by atoms with E-state index in [0.29, 0.717) is 17.2 Å². The van der Waals surface area contributed by atoms with Gasteiger partial charge in [-0.25, -0.2) is 4.79 Å². The van der Waals surface area contributed by atoms with Gasteiger partial charge in [0.1, 0.15) is 11.0 Å². The predicted molar refractivity (Wildman–Crippen MR) is 110 cm³/mol. The number of nitrogens with one attached hydrogen (secondary N) is 1. The topological polar surface area (TPSA) is 73.2 Å². The summed E-state index contributed by atoms with van der Waals surface area (Å²) in [7, 11) is 0. The van der Waals surface area contributed by atoms with Crippen LogP contribution in [0.1, 0.15) is 65.6 Å². The summed E-state index contributed by atoms with van der Waals surface area (Å²) in [5, 5.41) is 7.82. The van der Waals surface area contributed by atoms with Crippen LogP contribution < -0.4 is 5.32 Å². The summed E-state index contributed by atoms with van der Waals surface area (Å²) in [6.07, 6.45) is 6.42. The smallest absolute Gasteiger partial charge is 0.341 e. The molecule has 8 heteroatoms. The number of carbonyl (C=O) groups is 2. The fourth-order valence-electron chi connectivity index (χ4n) is 3.26. The Morgan fingerprint density at radius 1 is 1.41 bits per heavy atom. The van der Waals surface area contributed by atoms with E-state index in [-0.39, 0.29) is 11.9 Å². The van der Waals surface area contributed by atoms with Crippen molar-refractivity contribution in [2.75, 3.05) is 11.9 Å². The van der Waals surface area contributed by atoms with Crippen molar-refractivity contribution in [2.24, 2.45) is 0 Å². The Bertz CT molecular complexity index is 859. The van der Waals surface area contributed by atoms with Crippen LogP contribution in [0.2, 0.25) is 0 Å². The third-order valence-corrected chi connectivity index (χ3v) is 6.77. The molecule has 27 heavy (non-hydrogen) atoms. The maximum absolute atomic E-state index is 12.8. The zero-order chi connectivity index (χ0) is 19.6. The normalized spacial score (nSPS) is 14.5. The molecule has 1 unspecified atom stereocenters. The Morgan fingerprint density at radius 2 is 2.15 bits per heavy atom. The van der Waals surface area contributed by atoms with Crippen molar-refractivity contribution in [2.45, 2.75) is 58.9 Å². The van der Waals surface area contributed by atoms with Gasteiger partial charge in [-0.15, -0.1) is 11.3 Å². The Hall–Kier alpha value is -1.67. The molecule has 0 spiro atoms. The van der Waals surface area contributed by atoms with Crippen LogP contribution in [-0.2, 0) is 22.4 Å². The molecule has 2 aromatic heterocycles. The number of ether oxygens (including phenoxy) is 1. The van der Waals surface area contributed by atoms with Gasteiger partial charge in [-0.1, -0.05) is 6.92 Å². The number of esters is 1. The molecular formula is C19H24BrN3O3S. The number of hydrogen-bond donors (Lipinski definition) is 1. The molecular weight excluding hydrogens is 430 g/mol. The van der Waals surface area contributed by atoms with Gasteiger partial charge in [0, 0.05) is 4.88 Å². The summed E-state index contributed by atoms with van der Waals surface area (Å²) in [5.41, 5.74) is 2.47. The zero-order valence-corrected chi connectivity index (χ0v) is 18.2. The number of aromatic nitrogens is 2. The molecule has 1 aliphatic rings. The van der Waals surface area contributed by atoms with Gasteiger partial charge in [0.25, 0.3) is 0 Å². The first-order valence-corrected chi connectivity index (χ1v) is 10.9. The van der Waals surface area contributed by atoms with E-state index in [0.717, 1.165) is 47.8 Å². The second-order valence-electron chi connectivity index (χ2n) is 6.74. The van der Waals surface area contributed by atoms with E-state index >= 15 is 0 Å². The molecule has 0 fully saturated rings. The van der Waals surface area contributed by atoms with Crippen LogP contribution >= 0.6 is 27.3 Å². The maximum atomic E-state index is 12.8. The van der Waals surface area contributed by atoms with E-state index in [4.69, 9.17) is 4.74 Å². The lowest BCUT2D eigenvalue weighted by molar-refractivity contribution is -0.119. The van der Waals surface area contributed by atoms with E-state index in [1.165, 1.54) is 16.2 Å². The van der Waals surface area contributed by atoms with E-state index in [1.54, 1.807) is 17.8 Å². The minimum absolute atomic E-state index is 0.197. The van der Waals surface area contributed by atoms with Gasteiger partial charge in [0.05, 0.1) is 28.5 Å². The summed E-state index contributed by atoms with van der Waals surface area (Å²) >= 11 is 4.92. The van der Waals surface area contributed by atoms with Crippen LogP contribution in [-0.4, -0.2) is 28.3 Å². The predicted octanol–water partition coefficient (Wildman–Crippen LogP) is 4.66. The van der Waals surface area contributed by atoms with Crippen LogP contribution in [0.3, 0.4) is 0 Å². The van der Waals surface area contributed by atoms with Gasteiger partial charge >= 0.3 is 5.97 Å². The molecule has 0 saturated carbocycles. The lowest BCUT2D eigenvalue weighted by Gasteiger charge is -2.15. The first kappa shape index (κ1) is 20.1. The van der Waals surface area contributed by atoms with Gasteiger partial charge < -0.3 is 10.1 Å². The molecule has 0 saturated heterocycles. The van der Waals surface area contributed by atoms with E-state index in [9.17, 15) is 9.59 Å². The second-order valence-corrected chi connectivity index (χ2v) is 8.70. The minimum Gasteiger partial charge on any atom is -0.462 e. The third kappa shape index (κ3) is 4.11. The summed E-state index contributed by atoms with van der Waals surface area (Å²) in [4.78, 5) is 26.7. The SMILES string of the molecule is CCCOC(=O)c1c(NC(=O)C(C)n2ncc(Br)c2C)sc2c1CCCC2. The number of carbonyl (C=O) groups excluding carboxylic acids is 2. The Labute approximate surface area is 171 Å². The average molecular weight is 454 g/mol. The molecule has 0 bridgehead atoms. The molecule has 0 aromatic carbocycles. The maximum Gasteiger partial charge on any atom is 0.341 e. The lowest BCUT2D eigenvalue weighted by Crippen LogP contribution is -2.25. The molecule has 2 aromatic rings. The average Bonchev–Trinajstić information content (AvgIpc) is 3.19. The molecule has 0 radical (unpaired) electrons. The fourth-order valence-corrected chi connectivity index (χ4v) is 4.81. The van der Waals surface area contributed by atoms with Gasteiger partial charge in [-0.2, -0.15) is 5.10 Å². The highest BCUT2D eigenvalue weighted by Crippen LogP contribution is 2.39. The molecule has 1 amide bonds. The number of thiophene rings is 1. The van der Waals surface area contributed by atoms with Crippen LogP contribution in [0.4, 0.5) is 5.00 Å². The first-order chi connectivity index (χ1) is 12.9. The van der Waals surface area contributed by atoms with Crippen molar-refractivity contribution in [3.05, 3.63) is 32.4 Å². The van der Waals surface area contributed by atoms with Gasteiger partial charge in [0.15, 0.2) is 0 Å². The minimum atomic E-state index is -0.491. The zero-order valence-electron chi connectivity index (χ0n) is 15.8. The highest BCUT2D eigenvalue weighted by atomic mass is 79.9. The lowest BCUT2D eigenvalue weighted by atomic mass is 9.95. The summed E-state index contributed by atoms with van der Waals surface area (Å²) in [6, 6.07) is -0.491. The molecule has 1 aliphatic carbocycles. The highest BCUT2D eigenvalue weighted by Gasteiger charge is 2.29. The van der Waals surface area contributed by atoms with Crippen LogP contribution in [0, 0.1) is 6.92 Å². The Morgan fingerprint density at radius 3 is 2.81 bits per heavy atom. The Kier molecular flexibility index (Phi) is 6.37. The van der Waals surface area contributed by atoms with Gasteiger partial charge in [-0.05, 0) is 67.4 Å². The van der Waals surface area contributed by atoms with E-state index in [2.05, 4.69) is 26.3 Å². The summed E-state index contributed by atoms with van der Waals surface area (Å²) in [5.74, 6) is -0.533. The summed E-state index contributed by atoms with van der Waals surface area (Å²) in [6.45, 7) is 6.04. The van der Waals surface area contributed by atoms with Crippen LogP contribution in [0.5, 0.6) is 0 Å². The van der Waals surface area contributed by atoms with E-state index in [1.807, 2.05) is 13.8 Å². The standard InChI is InChI=1S/C19H24BrN3O3S/c1-4-9-26-19(25)16-13-7-5-6-8-15(13)27-18(16)22-17(24)12(3)23-11(2)14(20)10-21-23/h10,12H,4-9H2,1-3H3,(H,22,24). The molecule has 0 aliphatic heterocycles. The van der Waals surface area contributed by atoms with Crippen LogP contribution in [0.15, 0.2) is 10.7 Å². The molecule has 1 atom stereocenters. The number of fused-ring (bicyclic) bond motifs is 1. The number of nitrogens with zero attached hydrogens (tertiary/aromatic N) is 2. The third-order valence-electron chi connectivity index (χ3n) is 4.78. The van der Waals surface area contributed by atoms with Crippen molar-refractivity contribution in [1.82, 2.24) is 9.78 Å². The van der Waals surface area contributed by atoms with Crippen molar-refractivity contribution in [3.8, 4) is 0 Å². The number of amides is 1. The van der Waals surface area contributed by atoms with Gasteiger partial charge in [-0.3, -0.25) is 9.48 Å². The monoisotopic (exact) mass is 453 g/mol. The fraction of sp³-hybridized carbons (Fsp3) is 0.526. The molecule has 6 nitrogen and oxygen atoms in total.